The first-order chi connectivity index (χ1) is 17.8. The SMILES string of the molecule is Cc1cccc(CN(C(C)C(=O)Nc2ccc(OCc3ccccc3)cc2)S(=O)(=O)c2ccccc2)c1. The van der Waals surface area contributed by atoms with Gasteiger partial charge < -0.3 is 10.1 Å². The molecule has 0 radical (unpaired) electrons. The third kappa shape index (κ3) is 6.84. The molecule has 0 fully saturated rings. The van der Waals surface area contributed by atoms with Crippen molar-refractivity contribution in [3.05, 3.63) is 126 Å². The summed E-state index contributed by atoms with van der Waals surface area (Å²) in [5, 5.41) is 2.84. The van der Waals surface area contributed by atoms with Gasteiger partial charge in [0.2, 0.25) is 15.9 Å². The van der Waals surface area contributed by atoms with Crippen LogP contribution in [0.15, 0.2) is 114 Å². The predicted molar refractivity (Wildman–Crippen MR) is 146 cm³/mol. The monoisotopic (exact) mass is 514 g/mol. The second kappa shape index (κ2) is 11.9. The van der Waals surface area contributed by atoms with Gasteiger partial charge in [0.15, 0.2) is 0 Å². The number of amides is 1. The summed E-state index contributed by atoms with van der Waals surface area (Å²) >= 11 is 0. The molecule has 1 atom stereocenters. The lowest BCUT2D eigenvalue weighted by Gasteiger charge is -2.28. The highest BCUT2D eigenvalue weighted by Crippen LogP contribution is 2.23. The topological polar surface area (TPSA) is 75.7 Å². The lowest BCUT2D eigenvalue weighted by Crippen LogP contribution is -2.45. The molecule has 37 heavy (non-hydrogen) atoms. The van der Waals surface area contributed by atoms with Gasteiger partial charge in [-0.2, -0.15) is 4.31 Å². The molecule has 4 aromatic rings. The van der Waals surface area contributed by atoms with E-state index in [1.165, 1.54) is 16.4 Å². The molecule has 0 aromatic heterocycles. The van der Waals surface area contributed by atoms with Gasteiger partial charge in [0.05, 0.1) is 4.90 Å². The van der Waals surface area contributed by atoms with Crippen LogP contribution in [0, 0.1) is 6.92 Å². The maximum absolute atomic E-state index is 13.6. The Hall–Kier alpha value is -3.94. The summed E-state index contributed by atoms with van der Waals surface area (Å²) < 4.78 is 34.2. The van der Waals surface area contributed by atoms with Gasteiger partial charge in [-0.1, -0.05) is 78.4 Å². The molecule has 0 aliphatic heterocycles. The summed E-state index contributed by atoms with van der Waals surface area (Å²) in [6, 6.07) is 31.7. The van der Waals surface area contributed by atoms with Gasteiger partial charge in [-0.15, -0.1) is 0 Å². The molecule has 0 bridgehead atoms. The molecule has 4 rings (SSSR count). The number of nitrogens with one attached hydrogen (secondary N) is 1. The molecule has 0 spiro atoms. The zero-order chi connectivity index (χ0) is 26.3. The summed E-state index contributed by atoms with van der Waals surface area (Å²) in [6.45, 7) is 4.06. The molecule has 1 amide bonds. The second-order valence-corrected chi connectivity index (χ2v) is 10.7. The van der Waals surface area contributed by atoms with Gasteiger partial charge in [-0.05, 0) is 61.4 Å². The first-order valence-electron chi connectivity index (χ1n) is 12.0. The Morgan fingerprint density at radius 2 is 1.46 bits per heavy atom. The van der Waals surface area contributed by atoms with E-state index < -0.39 is 22.0 Å². The van der Waals surface area contributed by atoms with Crippen molar-refractivity contribution < 1.29 is 17.9 Å². The molecule has 1 N–H and O–H groups in total. The number of benzene rings is 4. The molecule has 0 aliphatic rings. The average Bonchev–Trinajstić information content (AvgIpc) is 2.92. The van der Waals surface area contributed by atoms with Crippen LogP contribution in [-0.2, 0) is 28.0 Å². The van der Waals surface area contributed by atoms with Crippen molar-refractivity contribution in [2.24, 2.45) is 0 Å². The zero-order valence-corrected chi connectivity index (χ0v) is 21.7. The van der Waals surface area contributed by atoms with Crippen molar-refractivity contribution in [3.8, 4) is 5.75 Å². The van der Waals surface area contributed by atoms with Gasteiger partial charge in [-0.3, -0.25) is 4.79 Å². The maximum Gasteiger partial charge on any atom is 0.244 e. The summed E-state index contributed by atoms with van der Waals surface area (Å²) in [6.07, 6.45) is 0. The normalized spacial score (nSPS) is 12.2. The number of ether oxygens (including phenoxy) is 1. The summed E-state index contributed by atoms with van der Waals surface area (Å²) in [4.78, 5) is 13.4. The molecular weight excluding hydrogens is 484 g/mol. The number of nitrogens with zero attached hydrogens (tertiary/aromatic N) is 1. The summed E-state index contributed by atoms with van der Waals surface area (Å²) in [5.41, 5.74) is 3.43. The molecule has 0 heterocycles. The van der Waals surface area contributed by atoms with Crippen LogP contribution >= 0.6 is 0 Å². The number of hydrogen-bond donors (Lipinski definition) is 1. The fourth-order valence-corrected chi connectivity index (χ4v) is 5.50. The van der Waals surface area contributed by atoms with Crippen molar-refractivity contribution in [1.29, 1.82) is 0 Å². The van der Waals surface area contributed by atoms with Gasteiger partial charge in [0, 0.05) is 12.2 Å². The Bertz CT molecular complexity index is 1420. The number of carbonyl (C=O) groups excluding carboxylic acids is 1. The highest BCUT2D eigenvalue weighted by molar-refractivity contribution is 7.89. The first-order valence-corrected chi connectivity index (χ1v) is 13.5. The molecule has 1 unspecified atom stereocenters. The molecule has 190 valence electrons. The van der Waals surface area contributed by atoms with E-state index in [0.717, 1.165) is 16.7 Å². The van der Waals surface area contributed by atoms with Crippen molar-refractivity contribution in [2.75, 3.05) is 5.32 Å². The van der Waals surface area contributed by atoms with Crippen LogP contribution in [0.25, 0.3) is 0 Å². The van der Waals surface area contributed by atoms with E-state index >= 15 is 0 Å². The highest BCUT2D eigenvalue weighted by atomic mass is 32.2. The molecule has 7 heteroatoms. The van der Waals surface area contributed by atoms with Crippen LogP contribution in [0.3, 0.4) is 0 Å². The first kappa shape index (κ1) is 26.1. The van der Waals surface area contributed by atoms with Crippen LogP contribution in [0.1, 0.15) is 23.6 Å². The Labute approximate surface area is 218 Å². The van der Waals surface area contributed by atoms with Gasteiger partial charge in [0.1, 0.15) is 18.4 Å². The molecule has 0 saturated carbocycles. The molecule has 6 nitrogen and oxygen atoms in total. The highest BCUT2D eigenvalue weighted by Gasteiger charge is 2.33. The third-order valence-corrected chi connectivity index (χ3v) is 7.88. The lowest BCUT2D eigenvalue weighted by atomic mass is 10.1. The van der Waals surface area contributed by atoms with E-state index in [0.29, 0.717) is 18.0 Å². The largest absolute Gasteiger partial charge is 0.489 e. The number of carbonyl (C=O) groups is 1. The molecule has 0 aliphatic carbocycles. The minimum absolute atomic E-state index is 0.0692. The minimum atomic E-state index is -3.94. The van der Waals surface area contributed by atoms with Crippen LogP contribution in [0.5, 0.6) is 5.75 Å². The van der Waals surface area contributed by atoms with E-state index in [2.05, 4.69) is 5.32 Å². The predicted octanol–water partition coefficient (Wildman–Crippen LogP) is 5.79. The summed E-state index contributed by atoms with van der Waals surface area (Å²) in [7, 11) is -3.94. The number of anilines is 1. The number of sulfonamides is 1. The van der Waals surface area contributed by atoms with Crippen molar-refractivity contribution in [3.63, 3.8) is 0 Å². The number of rotatable bonds is 10. The van der Waals surface area contributed by atoms with E-state index in [1.807, 2.05) is 61.5 Å². The number of aryl methyl sites for hydroxylation is 1. The van der Waals surface area contributed by atoms with Crippen molar-refractivity contribution in [2.45, 2.75) is 37.9 Å². The van der Waals surface area contributed by atoms with E-state index in [-0.39, 0.29) is 11.4 Å². The van der Waals surface area contributed by atoms with Crippen LogP contribution < -0.4 is 10.1 Å². The van der Waals surface area contributed by atoms with Crippen molar-refractivity contribution >= 4 is 21.6 Å². The molecule has 4 aromatic carbocycles. The fourth-order valence-electron chi connectivity index (χ4n) is 3.90. The van der Waals surface area contributed by atoms with E-state index in [9.17, 15) is 13.2 Å². The fraction of sp³-hybridized carbons (Fsp3) is 0.167. The zero-order valence-electron chi connectivity index (χ0n) is 20.9. The van der Waals surface area contributed by atoms with Gasteiger partial charge in [0.25, 0.3) is 0 Å². The Morgan fingerprint density at radius 1 is 0.838 bits per heavy atom. The molecular formula is C30H30N2O4S. The van der Waals surface area contributed by atoms with Crippen LogP contribution in [0.2, 0.25) is 0 Å². The summed E-state index contributed by atoms with van der Waals surface area (Å²) in [5.74, 6) is 0.243. The standard InChI is InChI=1S/C30H30N2O4S/c1-23-10-9-13-26(20-23)21-32(37(34,35)29-14-7-4-8-15-29)24(2)30(33)31-27-16-18-28(19-17-27)36-22-25-11-5-3-6-12-25/h3-20,24H,21-22H2,1-2H3,(H,31,33). The van der Waals surface area contributed by atoms with Crippen molar-refractivity contribution in [1.82, 2.24) is 4.31 Å². The number of hydrogen-bond acceptors (Lipinski definition) is 4. The Balaban J connectivity index is 1.49. The minimum Gasteiger partial charge on any atom is -0.489 e. The van der Waals surface area contributed by atoms with Gasteiger partial charge >= 0.3 is 0 Å². The quantitative estimate of drug-likeness (QED) is 0.291. The Kier molecular flexibility index (Phi) is 8.38. The van der Waals surface area contributed by atoms with Gasteiger partial charge in [-0.25, -0.2) is 8.42 Å². The smallest absolute Gasteiger partial charge is 0.244 e. The Morgan fingerprint density at radius 3 is 2.11 bits per heavy atom. The average molecular weight is 515 g/mol. The second-order valence-electron chi connectivity index (χ2n) is 8.82. The third-order valence-electron chi connectivity index (χ3n) is 5.95. The van der Waals surface area contributed by atoms with Crippen LogP contribution in [0.4, 0.5) is 5.69 Å². The molecule has 0 saturated heterocycles. The van der Waals surface area contributed by atoms with Crippen LogP contribution in [-0.4, -0.2) is 24.7 Å². The lowest BCUT2D eigenvalue weighted by molar-refractivity contribution is -0.119. The van der Waals surface area contributed by atoms with E-state index in [4.69, 9.17) is 4.74 Å². The maximum atomic E-state index is 13.6. The van der Waals surface area contributed by atoms with E-state index in [1.54, 1.807) is 49.4 Å².